The molecule has 0 spiro atoms. The summed E-state index contributed by atoms with van der Waals surface area (Å²) in [5.74, 6) is -0.643. The summed E-state index contributed by atoms with van der Waals surface area (Å²) >= 11 is 0. The van der Waals surface area contributed by atoms with Crippen molar-refractivity contribution in [3.63, 3.8) is 0 Å². The number of carbonyl (C=O) groups is 1. The topological polar surface area (TPSA) is 52.3 Å². The highest BCUT2D eigenvalue weighted by Gasteiger charge is 2.14. The minimum Gasteiger partial charge on any atom is -0.465 e. The minimum atomic E-state index is -0.651. The van der Waals surface area contributed by atoms with Crippen LogP contribution in [0.2, 0.25) is 0 Å². The van der Waals surface area contributed by atoms with E-state index in [1.54, 1.807) is 19.1 Å². The first-order valence-electron chi connectivity index (χ1n) is 6.87. The van der Waals surface area contributed by atoms with Crippen molar-refractivity contribution in [3.8, 4) is 11.1 Å². The third-order valence-corrected chi connectivity index (χ3v) is 3.18. The van der Waals surface area contributed by atoms with Crippen LogP contribution in [0.15, 0.2) is 48.5 Å². The number of hydrogen-bond acceptors (Lipinski definition) is 3. The molecule has 110 valence electrons. The van der Waals surface area contributed by atoms with Crippen molar-refractivity contribution in [1.29, 1.82) is 0 Å². The smallest absolute Gasteiger partial charge is 0.323 e. The van der Waals surface area contributed by atoms with E-state index in [0.29, 0.717) is 13.0 Å². The van der Waals surface area contributed by atoms with Crippen molar-refractivity contribution < 1.29 is 13.9 Å². The van der Waals surface area contributed by atoms with Crippen molar-refractivity contribution in [2.45, 2.75) is 19.4 Å². The number of halogens is 1. The van der Waals surface area contributed by atoms with Crippen LogP contribution in [0.1, 0.15) is 12.5 Å². The lowest BCUT2D eigenvalue weighted by molar-refractivity contribution is -0.144. The van der Waals surface area contributed by atoms with Gasteiger partial charge < -0.3 is 10.5 Å². The molecule has 0 saturated heterocycles. The van der Waals surface area contributed by atoms with Crippen LogP contribution in [0, 0.1) is 5.82 Å². The Labute approximate surface area is 123 Å². The van der Waals surface area contributed by atoms with Crippen LogP contribution in [-0.4, -0.2) is 18.6 Å². The molecule has 0 aliphatic heterocycles. The molecular formula is C17H18FNO2. The summed E-state index contributed by atoms with van der Waals surface area (Å²) in [6.45, 7) is 2.08. The molecule has 1 atom stereocenters. The van der Waals surface area contributed by atoms with E-state index in [4.69, 9.17) is 10.5 Å². The van der Waals surface area contributed by atoms with Crippen LogP contribution >= 0.6 is 0 Å². The summed E-state index contributed by atoms with van der Waals surface area (Å²) in [5.41, 5.74) is 8.68. The summed E-state index contributed by atoms with van der Waals surface area (Å²) in [6, 6.07) is 13.4. The summed E-state index contributed by atoms with van der Waals surface area (Å²) < 4.78 is 17.8. The van der Waals surface area contributed by atoms with Gasteiger partial charge in [0.2, 0.25) is 0 Å². The van der Waals surface area contributed by atoms with Gasteiger partial charge in [0.1, 0.15) is 11.9 Å². The maximum absolute atomic E-state index is 12.9. The average Bonchev–Trinajstić information content (AvgIpc) is 2.49. The maximum atomic E-state index is 12.9. The molecule has 0 aliphatic carbocycles. The third-order valence-electron chi connectivity index (χ3n) is 3.18. The predicted octanol–water partition coefficient (Wildman–Crippen LogP) is 2.93. The van der Waals surface area contributed by atoms with E-state index >= 15 is 0 Å². The molecule has 2 rings (SSSR count). The zero-order valence-electron chi connectivity index (χ0n) is 11.9. The summed E-state index contributed by atoms with van der Waals surface area (Å²) in [6.07, 6.45) is 0.433. The Kier molecular flexibility index (Phi) is 5.06. The number of hydrogen-bond donors (Lipinski definition) is 1. The second-order valence-corrected chi connectivity index (χ2v) is 4.77. The highest BCUT2D eigenvalue weighted by Crippen LogP contribution is 2.20. The van der Waals surface area contributed by atoms with Crippen LogP contribution in [0.5, 0.6) is 0 Å². The lowest BCUT2D eigenvalue weighted by Gasteiger charge is -2.11. The van der Waals surface area contributed by atoms with Gasteiger partial charge in [-0.05, 0) is 42.2 Å². The first-order chi connectivity index (χ1) is 10.1. The first-order valence-corrected chi connectivity index (χ1v) is 6.87. The zero-order valence-corrected chi connectivity index (χ0v) is 11.9. The summed E-state index contributed by atoms with van der Waals surface area (Å²) in [7, 11) is 0. The second kappa shape index (κ2) is 6.99. The first kappa shape index (κ1) is 15.2. The van der Waals surface area contributed by atoms with Gasteiger partial charge in [0.25, 0.3) is 0 Å². The largest absolute Gasteiger partial charge is 0.465 e. The highest BCUT2D eigenvalue weighted by atomic mass is 19.1. The molecular weight excluding hydrogens is 269 g/mol. The Balaban J connectivity index is 2.05. The van der Waals surface area contributed by atoms with Crippen molar-refractivity contribution in [2.75, 3.05) is 6.61 Å². The van der Waals surface area contributed by atoms with Gasteiger partial charge in [-0.3, -0.25) is 4.79 Å². The van der Waals surface area contributed by atoms with E-state index < -0.39 is 6.04 Å². The molecule has 21 heavy (non-hydrogen) atoms. The normalized spacial score (nSPS) is 12.0. The van der Waals surface area contributed by atoms with E-state index in [1.165, 1.54) is 12.1 Å². The molecule has 2 aromatic carbocycles. The molecule has 0 radical (unpaired) electrons. The Bertz CT molecular complexity index is 593. The van der Waals surface area contributed by atoms with Gasteiger partial charge in [0.05, 0.1) is 6.61 Å². The molecule has 0 aliphatic rings. The summed E-state index contributed by atoms with van der Waals surface area (Å²) in [4.78, 5) is 11.5. The number of ether oxygens (including phenoxy) is 1. The number of rotatable bonds is 5. The molecule has 0 heterocycles. The van der Waals surface area contributed by atoms with Gasteiger partial charge in [-0.25, -0.2) is 4.39 Å². The Morgan fingerprint density at radius 3 is 2.14 bits per heavy atom. The van der Waals surface area contributed by atoms with Gasteiger partial charge in [0, 0.05) is 0 Å². The van der Waals surface area contributed by atoms with Crippen molar-refractivity contribution in [2.24, 2.45) is 5.73 Å². The van der Waals surface area contributed by atoms with Crippen LogP contribution in [0.25, 0.3) is 11.1 Å². The highest BCUT2D eigenvalue weighted by molar-refractivity contribution is 5.76. The van der Waals surface area contributed by atoms with Gasteiger partial charge >= 0.3 is 5.97 Å². The fourth-order valence-electron chi connectivity index (χ4n) is 2.06. The summed E-state index contributed by atoms with van der Waals surface area (Å²) in [5, 5.41) is 0. The van der Waals surface area contributed by atoms with Crippen molar-refractivity contribution in [1.82, 2.24) is 0 Å². The maximum Gasteiger partial charge on any atom is 0.323 e. The SMILES string of the molecule is CCOC(=O)C(N)Cc1ccc(-c2ccc(F)cc2)cc1. The molecule has 0 bridgehead atoms. The lowest BCUT2D eigenvalue weighted by atomic mass is 10.0. The van der Waals surface area contributed by atoms with E-state index in [1.807, 2.05) is 24.3 Å². The number of esters is 1. The second-order valence-electron chi connectivity index (χ2n) is 4.77. The third kappa shape index (κ3) is 4.13. The minimum absolute atomic E-state index is 0.254. The van der Waals surface area contributed by atoms with Gasteiger partial charge in [0.15, 0.2) is 0 Å². The fraction of sp³-hybridized carbons (Fsp3) is 0.235. The van der Waals surface area contributed by atoms with E-state index in [-0.39, 0.29) is 11.8 Å². The van der Waals surface area contributed by atoms with Gasteiger partial charge in [-0.2, -0.15) is 0 Å². The number of nitrogens with two attached hydrogens (primary N) is 1. The van der Waals surface area contributed by atoms with E-state index in [0.717, 1.165) is 16.7 Å². The molecule has 2 aromatic rings. The Hall–Kier alpha value is -2.20. The molecule has 2 N–H and O–H groups in total. The molecule has 4 heteroatoms. The monoisotopic (exact) mass is 287 g/mol. The predicted molar refractivity (Wildman–Crippen MR) is 80.1 cm³/mol. The number of carbonyl (C=O) groups excluding carboxylic acids is 1. The Morgan fingerprint density at radius 2 is 1.62 bits per heavy atom. The van der Waals surface area contributed by atoms with Crippen molar-refractivity contribution >= 4 is 5.97 Å². The van der Waals surface area contributed by atoms with E-state index in [2.05, 4.69) is 0 Å². The molecule has 1 unspecified atom stereocenters. The van der Waals surface area contributed by atoms with Crippen LogP contribution in [-0.2, 0) is 16.0 Å². The number of benzene rings is 2. The van der Waals surface area contributed by atoms with Crippen LogP contribution < -0.4 is 5.73 Å². The standard InChI is InChI=1S/C17H18FNO2/c1-2-21-17(20)16(19)11-12-3-5-13(6-4-12)14-7-9-15(18)10-8-14/h3-10,16H,2,11,19H2,1H3. The van der Waals surface area contributed by atoms with Gasteiger partial charge in [-0.15, -0.1) is 0 Å². The molecule has 0 amide bonds. The quantitative estimate of drug-likeness (QED) is 0.860. The van der Waals surface area contributed by atoms with Crippen molar-refractivity contribution in [3.05, 3.63) is 59.9 Å². The molecule has 0 saturated carbocycles. The molecule has 0 aromatic heterocycles. The molecule has 0 fully saturated rings. The zero-order chi connectivity index (χ0) is 15.2. The van der Waals surface area contributed by atoms with Crippen LogP contribution in [0.4, 0.5) is 4.39 Å². The Morgan fingerprint density at radius 1 is 1.10 bits per heavy atom. The lowest BCUT2D eigenvalue weighted by Crippen LogP contribution is -2.34. The van der Waals surface area contributed by atoms with Crippen LogP contribution in [0.3, 0.4) is 0 Å². The van der Waals surface area contributed by atoms with Gasteiger partial charge in [-0.1, -0.05) is 36.4 Å². The van der Waals surface area contributed by atoms with E-state index in [9.17, 15) is 9.18 Å². The fourth-order valence-corrected chi connectivity index (χ4v) is 2.06. The average molecular weight is 287 g/mol. The molecule has 3 nitrogen and oxygen atoms in total.